The average Bonchev–Trinajstić information content (AvgIpc) is 3.11. The van der Waals surface area contributed by atoms with Crippen LogP contribution in [0.1, 0.15) is 15.9 Å². The van der Waals surface area contributed by atoms with Crippen LogP contribution in [0.2, 0.25) is 5.02 Å². The first-order valence-electron chi connectivity index (χ1n) is 9.23. The van der Waals surface area contributed by atoms with Crippen LogP contribution in [0.25, 0.3) is 11.1 Å². The van der Waals surface area contributed by atoms with Gasteiger partial charge in [0.25, 0.3) is 9.70 Å². The number of fused-ring (bicyclic) bond motifs is 1. The number of amides is 1. The second-order valence-corrected chi connectivity index (χ2v) is 9.70. The van der Waals surface area contributed by atoms with Crippen LogP contribution in [0.5, 0.6) is 11.5 Å². The molecule has 0 spiro atoms. The summed E-state index contributed by atoms with van der Waals surface area (Å²) < 4.78 is 47.8. The fraction of sp³-hybridized carbons (Fsp3) is 0.136. The number of alkyl halides is 6. The Hall–Kier alpha value is -2.32. The Morgan fingerprint density at radius 1 is 0.879 bits per heavy atom. The quantitative estimate of drug-likeness (QED) is 0.358. The molecule has 33 heavy (non-hydrogen) atoms. The second kappa shape index (κ2) is 8.47. The van der Waals surface area contributed by atoms with Gasteiger partial charge in [-0.05, 0) is 41.5 Å². The Morgan fingerprint density at radius 2 is 1.52 bits per heavy atom. The van der Waals surface area contributed by atoms with Crippen molar-refractivity contribution in [3.63, 3.8) is 0 Å². The minimum Gasteiger partial charge on any atom is -0.428 e. The van der Waals surface area contributed by atoms with E-state index in [9.17, 15) is 18.0 Å². The molecule has 1 unspecified atom stereocenters. The maximum atomic E-state index is 13.2. The van der Waals surface area contributed by atoms with E-state index in [1.54, 1.807) is 18.2 Å². The third kappa shape index (κ3) is 4.68. The minimum atomic E-state index is -4.48. The van der Waals surface area contributed by atoms with E-state index in [1.165, 1.54) is 36.4 Å². The van der Waals surface area contributed by atoms with E-state index in [1.807, 2.05) is 0 Å². The Bertz CT molecular complexity index is 1210. The molecule has 0 bridgehead atoms. The molecule has 11 heteroatoms. The van der Waals surface area contributed by atoms with Gasteiger partial charge in [-0.3, -0.25) is 10.1 Å². The summed E-state index contributed by atoms with van der Waals surface area (Å²) in [6.07, 6.45) is -4.48. The highest BCUT2D eigenvalue weighted by atomic mass is 35.6. The molecule has 1 atom stereocenters. The summed E-state index contributed by atoms with van der Waals surface area (Å²) in [6.45, 7) is 0. The lowest BCUT2D eigenvalue weighted by molar-refractivity contribution is -0.137. The molecular formula is C22H12Cl4F3NO3. The average molecular weight is 537 g/mol. The lowest BCUT2D eigenvalue weighted by atomic mass is 9.98. The van der Waals surface area contributed by atoms with Gasteiger partial charge in [-0.2, -0.15) is 13.2 Å². The predicted molar refractivity (Wildman–Crippen MR) is 120 cm³/mol. The third-order valence-electron chi connectivity index (χ3n) is 4.76. The zero-order valence-corrected chi connectivity index (χ0v) is 19.2. The molecule has 1 amide bonds. The Labute approximate surface area is 206 Å². The van der Waals surface area contributed by atoms with Gasteiger partial charge in [-0.25, -0.2) is 0 Å². The number of hydrogen-bond donors (Lipinski definition) is 1. The molecule has 1 heterocycles. The molecule has 4 nitrogen and oxygen atoms in total. The Kier molecular flexibility index (Phi) is 6.12. The molecule has 1 aliphatic rings. The van der Waals surface area contributed by atoms with Gasteiger partial charge in [0, 0.05) is 16.7 Å². The predicted octanol–water partition coefficient (Wildman–Crippen LogP) is 7.25. The summed E-state index contributed by atoms with van der Waals surface area (Å²) >= 11 is 24.3. The van der Waals surface area contributed by atoms with Crippen molar-refractivity contribution in [2.24, 2.45) is 0 Å². The maximum Gasteiger partial charge on any atom is 0.416 e. The van der Waals surface area contributed by atoms with Crippen molar-refractivity contribution in [2.45, 2.75) is 15.9 Å². The molecule has 0 saturated carbocycles. The first-order valence-corrected chi connectivity index (χ1v) is 10.7. The van der Waals surface area contributed by atoms with Gasteiger partial charge in [-0.1, -0.05) is 76.7 Å². The first kappa shape index (κ1) is 23.8. The highest BCUT2D eigenvalue weighted by Gasteiger charge is 2.59. The van der Waals surface area contributed by atoms with Crippen LogP contribution in [0.4, 0.5) is 13.2 Å². The fourth-order valence-corrected chi connectivity index (χ4v) is 3.74. The molecular weight excluding hydrogens is 525 g/mol. The van der Waals surface area contributed by atoms with E-state index >= 15 is 0 Å². The monoisotopic (exact) mass is 535 g/mol. The number of nitrogens with one attached hydrogen (secondary N) is 1. The molecule has 172 valence electrons. The van der Waals surface area contributed by atoms with E-state index < -0.39 is 27.4 Å². The fourth-order valence-electron chi connectivity index (χ4n) is 3.20. The van der Waals surface area contributed by atoms with Crippen LogP contribution in [0, 0.1) is 0 Å². The Balaban J connectivity index is 1.68. The van der Waals surface area contributed by atoms with E-state index in [4.69, 9.17) is 55.9 Å². The normalized spacial score (nSPS) is 17.7. The van der Waals surface area contributed by atoms with Gasteiger partial charge in [0.1, 0.15) is 0 Å². The van der Waals surface area contributed by atoms with Crippen LogP contribution < -0.4 is 14.8 Å². The number of hydrogen-bond acceptors (Lipinski definition) is 3. The summed E-state index contributed by atoms with van der Waals surface area (Å²) in [5.74, 6) is -2.66. The van der Waals surface area contributed by atoms with Crippen molar-refractivity contribution < 1.29 is 27.4 Å². The van der Waals surface area contributed by atoms with E-state index in [-0.39, 0.29) is 17.1 Å². The molecule has 3 aromatic carbocycles. The van der Waals surface area contributed by atoms with Gasteiger partial charge in [0.05, 0.1) is 5.56 Å². The molecule has 3 aromatic rings. The van der Waals surface area contributed by atoms with Crippen molar-refractivity contribution in [2.75, 3.05) is 0 Å². The standard InChI is InChI=1S/C22H12Cl4F3NO3/c23-14-9-10-17-18(11-14)33-22(32-17,21(24,25)26)30-19(31)16-4-2-1-3-15(16)12-5-7-13(8-6-12)20(27,28)29/h1-11H,(H,30,31). The zero-order chi connectivity index (χ0) is 24.0. The molecule has 0 saturated heterocycles. The highest BCUT2D eigenvalue weighted by Crippen LogP contribution is 2.49. The van der Waals surface area contributed by atoms with Crippen LogP contribution in [0.15, 0.2) is 66.7 Å². The second-order valence-electron chi connectivity index (χ2n) is 6.98. The topological polar surface area (TPSA) is 47.6 Å². The van der Waals surface area contributed by atoms with Crippen molar-refractivity contribution >= 4 is 52.3 Å². The summed E-state index contributed by atoms with van der Waals surface area (Å²) in [5, 5.41) is 2.79. The molecule has 0 fully saturated rings. The van der Waals surface area contributed by atoms with Gasteiger partial charge >= 0.3 is 12.1 Å². The summed E-state index contributed by atoms with van der Waals surface area (Å²) in [6, 6.07) is 15.1. The van der Waals surface area contributed by atoms with E-state index in [0.29, 0.717) is 16.1 Å². The third-order valence-corrected chi connectivity index (χ3v) is 5.74. The summed E-state index contributed by atoms with van der Waals surface area (Å²) in [7, 11) is 0. The van der Waals surface area contributed by atoms with Gasteiger partial charge in [0.2, 0.25) is 0 Å². The Morgan fingerprint density at radius 3 is 2.15 bits per heavy atom. The van der Waals surface area contributed by atoms with Gasteiger partial charge < -0.3 is 9.47 Å². The lowest BCUT2D eigenvalue weighted by Gasteiger charge is -2.33. The zero-order valence-electron chi connectivity index (χ0n) is 16.2. The first-order chi connectivity index (χ1) is 15.4. The molecule has 4 rings (SSSR count). The van der Waals surface area contributed by atoms with Crippen molar-refractivity contribution in [3.05, 3.63) is 82.9 Å². The SMILES string of the molecule is O=C(NC1(C(Cl)(Cl)Cl)Oc2ccc(Cl)cc2O1)c1ccccc1-c1ccc(C(F)(F)F)cc1. The van der Waals surface area contributed by atoms with E-state index in [2.05, 4.69) is 5.32 Å². The van der Waals surface area contributed by atoms with E-state index in [0.717, 1.165) is 12.1 Å². The van der Waals surface area contributed by atoms with Gasteiger partial charge in [-0.15, -0.1) is 0 Å². The van der Waals surface area contributed by atoms with Crippen molar-refractivity contribution in [3.8, 4) is 22.6 Å². The molecule has 1 N–H and O–H groups in total. The number of carbonyl (C=O) groups is 1. The molecule has 0 radical (unpaired) electrons. The van der Waals surface area contributed by atoms with Crippen LogP contribution in [-0.4, -0.2) is 15.6 Å². The van der Waals surface area contributed by atoms with Crippen LogP contribution in [-0.2, 0) is 6.18 Å². The largest absolute Gasteiger partial charge is 0.428 e. The lowest BCUT2D eigenvalue weighted by Crippen LogP contribution is -2.63. The smallest absolute Gasteiger partial charge is 0.416 e. The number of halogens is 7. The number of ether oxygens (including phenoxy) is 2. The van der Waals surface area contributed by atoms with Crippen LogP contribution in [0.3, 0.4) is 0 Å². The molecule has 0 aromatic heterocycles. The summed E-state index contributed by atoms with van der Waals surface area (Å²) in [5.41, 5.74) is 0.00125. The number of rotatable bonds is 3. The van der Waals surface area contributed by atoms with Gasteiger partial charge in [0.15, 0.2) is 11.5 Å². The van der Waals surface area contributed by atoms with Crippen molar-refractivity contribution in [1.29, 1.82) is 0 Å². The minimum absolute atomic E-state index is 0.0899. The number of benzene rings is 3. The number of carbonyl (C=O) groups excluding carboxylic acids is 1. The van der Waals surface area contributed by atoms with Crippen molar-refractivity contribution in [1.82, 2.24) is 5.32 Å². The summed E-state index contributed by atoms with van der Waals surface area (Å²) in [4.78, 5) is 13.2. The molecule has 0 aliphatic carbocycles. The maximum absolute atomic E-state index is 13.2. The molecule has 1 aliphatic heterocycles. The highest BCUT2D eigenvalue weighted by molar-refractivity contribution is 6.68. The van der Waals surface area contributed by atoms with Crippen LogP contribution >= 0.6 is 46.4 Å².